The minimum Gasteiger partial charge on any atom is -0.108 e. The topological polar surface area (TPSA) is 0 Å². The van der Waals surface area contributed by atoms with Crippen molar-refractivity contribution < 1.29 is 0 Å². The molecular formula is C27H54S3. The summed E-state index contributed by atoms with van der Waals surface area (Å²) in [5.74, 6) is 1.23. The molecule has 30 heavy (non-hydrogen) atoms. The number of rotatable bonds is 22. The minimum absolute atomic E-state index is 0.420. The summed E-state index contributed by atoms with van der Waals surface area (Å²) in [7, 11) is 0. The maximum Gasteiger partial charge on any atom is 0.104 e. The summed E-state index contributed by atoms with van der Waals surface area (Å²) >= 11 is 9.93. The van der Waals surface area contributed by atoms with Gasteiger partial charge in [-0.25, -0.2) is 0 Å². The molecule has 0 aromatic heterocycles. The Morgan fingerprint density at radius 3 is 1.30 bits per heavy atom. The van der Waals surface area contributed by atoms with Crippen LogP contribution in [-0.2, 0) is 0 Å². The number of hydrogen-bond acceptors (Lipinski definition) is 3. The summed E-state index contributed by atoms with van der Waals surface area (Å²) in [6.45, 7) is 9.28. The molecule has 0 nitrogen and oxygen atoms in total. The first-order valence-electron chi connectivity index (χ1n) is 13.5. The van der Waals surface area contributed by atoms with Gasteiger partial charge < -0.3 is 0 Å². The van der Waals surface area contributed by atoms with E-state index >= 15 is 0 Å². The molecule has 0 heterocycles. The Kier molecular flexibility index (Phi) is 23.6. The molecule has 0 bridgehead atoms. The van der Waals surface area contributed by atoms with E-state index in [1.165, 1.54) is 138 Å². The summed E-state index contributed by atoms with van der Waals surface area (Å²) < 4.78 is 1.65. The van der Waals surface area contributed by atoms with Gasteiger partial charge in [0.25, 0.3) is 0 Å². The number of hydrogen-bond donors (Lipinski definition) is 0. The Labute approximate surface area is 205 Å². The molecule has 0 saturated heterocycles. The highest BCUT2D eigenvalue weighted by Gasteiger charge is 2.30. The van der Waals surface area contributed by atoms with Crippen LogP contribution in [0.2, 0.25) is 0 Å². The SMILES string of the molecule is CCCCCCCCCCCCCSC(=S)SC(CCCC)(CCCC)CCCC. The summed E-state index contributed by atoms with van der Waals surface area (Å²) in [5.41, 5.74) is 0. The van der Waals surface area contributed by atoms with Crippen molar-refractivity contribution in [1.29, 1.82) is 0 Å². The first-order chi connectivity index (χ1) is 14.6. The largest absolute Gasteiger partial charge is 0.108 e. The predicted molar refractivity (Wildman–Crippen MR) is 150 cm³/mol. The van der Waals surface area contributed by atoms with Gasteiger partial charge in [-0.2, -0.15) is 0 Å². The zero-order chi connectivity index (χ0) is 22.3. The fourth-order valence-electron chi connectivity index (χ4n) is 4.15. The van der Waals surface area contributed by atoms with Crippen LogP contribution in [0.5, 0.6) is 0 Å². The first-order valence-corrected chi connectivity index (χ1v) is 15.7. The van der Waals surface area contributed by atoms with Gasteiger partial charge >= 0.3 is 0 Å². The van der Waals surface area contributed by atoms with Crippen molar-refractivity contribution >= 4 is 39.3 Å². The molecule has 0 aliphatic heterocycles. The van der Waals surface area contributed by atoms with Crippen LogP contribution in [0.1, 0.15) is 156 Å². The van der Waals surface area contributed by atoms with Gasteiger partial charge in [0, 0.05) is 4.75 Å². The molecule has 0 atom stereocenters. The van der Waals surface area contributed by atoms with Crippen LogP contribution in [0.15, 0.2) is 0 Å². The van der Waals surface area contributed by atoms with Crippen molar-refractivity contribution in [3.63, 3.8) is 0 Å². The lowest BCUT2D eigenvalue weighted by Crippen LogP contribution is -2.26. The van der Waals surface area contributed by atoms with E-state index in [9.17, 15) is 0 Å². The lowest BCUT2D eigenvalue weighted by atomic mass is 9.90. The molecular weight excluding hydrogens is 420 g/mol. The van der Waals surface area contributed by atoms with Gasteiger partial charge in [0.15, 0.2) is 0 Å². The monoisotopic (exact) mass is 474 g/mol. The highest BCUT2D eigenvalue weighted by molar-refractivity contribution is 8.47. The molecule has 0 aromatic carbocycles. The van der Waals surface area contributed by atoms with E-state index in [0.717, 1.165) is 0 Å². The molecule has 0 saturated carbocycles. The number of thioether (sulfide) groups is 2. The van der Waals surface area contributed by atoms with E-state index in [1.54, 1.807) is 0 Å². The molecule has 3 heteroatoms. The molecule has 0 aromatic rings. The van der Waals surface area contributed by atoms with Crippen molar-refractivity contribution in [2.75, 3.05) is 5.75 Å². The van der Waals surface area contributed by atoms with Gasteiger partial charge in [0.1, 0.15) is 3.53 Å². The van der Waals surface area contributed by atoms with E-state index in [-0.39, 0.29) is 0 Å². The summed E-state index contributed by atoms with van der Waals surface area (Å²) in [6, 6.07) is 0. The Bertz CT molecular complexity index is 345. The minimum atomic E-state index is 0.420. The van der Waals surface area contributed by atoms with Crippen molar-refractivity contribution in [2.45, 2.75) is 161 Å². The highest BCUT2D eigenvalue weighted by atomic mass is 32.2. The standard InChI is InChI=1S/C27H54S3/c1-5-9-13-14-15-16-17-18-19-20-21-25-29-26(28)30-27(22-10-6-2,23-11-7-3)24-12-8-4/h5-25H2,1-4H3. The Hall–Kier alpha value is 0.790. The van der Waals surface area contributed by atoms with E-state index in [0.29, 0.717) is 4.75 Å². The molecule has 0 fully saturated rings. The molecule has 0 aliphatic rings. The van der Waals surface area contributed by atoms with Gasteiger partial charge in [-0.3, -0.25) is 0 Å². The Morgan fingerprint density at radius 1 is 0.533 bits per heavy atom. The average Bonchev–Trinajstić information content (AvgIpc) is 2.75. The number of thiocarbonyl (C=S) groups is 1. The highest BCUT2D eigenvalue weighted by Crippen LogP contribution is 2.43. The van der Waals surface area contributed by atoms with Gasteiger partial charge in [0.05, 0.1) is 0 Å². The zero-order valence-corrected chi connectivity index (χ0v) is 23.5. The van der Waals surface area contributed by atoms with E-state index in [2.05, 4.69) is 39.5 Å². The third-order valence-electron chi connectivity index (χ3n) is 6.23. The molecule has 0 unspecified atom stereocenters. The van der Waals surface area contributed by atoms with Crippen LogP contribution < -0.4 is 0 Å². The molecule has 0 spiro atoms. The Morgan fingerprint density at radius 2 is 0.900 bits per heavy atom. The van der Waals surface area contributed by atoms with Gasteiger partial charge in [-0.1, -0.05) is 143 Å². The van der Waals surface area contributed by atoms with Crippen LogP contribution in [0, 0.1) is 0 Å². The zero-order valence-electron chi connectivity index (χ0n) is 21.1. The smallest absolute Gasteiger partial charge is 0.104 e. The van der Waals surface area contributed by atoms with Crippen molar-refractivity contribution in [2.24, 2.45) is 0 Å². The second-order valence-corrected chi connectivity index (χ2v) is 13.0. The molecule has 0 N–H and O–H groups in total. The van der Waals surface area contributed by atoms with Crippen LogP contribution in [0.3, 0.4) is 0 Å². The third kappa shape index (κ3) is 18.4. The van der Waals surface area contributed by atoms with Crippen molar-refractivity contribution in [3.05, 3.63) is 0 Å². The van der Waals surface area contributed by atoms with Crippen LogP contribution in [0.25, 0.3) is 0 Å². The first kappa shape index (κ1) is 30.8. The molecule has 0 radical (unpaired) electrons. The summed E-state index contributed by atoms with van der Waals surface area (Å²) in [6.07, 6.45) is 27.7. The lowest BCUT2D eigenvalue weighted by Gasteiger charge is -2.34. The van der Waals surface area contributed by atoms with E-state index in [4.69, 9.17) is 12.2 Å². The molecule has 0 amide bonds. The molecule has 180 valence electrons. The number of unbranched alkanes of at least 4 members (excludes halogenated alkanes) is 13. The second-order valence-electron chi connectivity index (χ2n) is 9.23. The fourth-order valence-corrected chi connectivity index (χ4v) is 7.56. The van der Waals surface area contributed by atoms with Gasteiger partial charge in [-0.15, -0.1) is 23.5 Å². The second kappa shape index (κ2) is 23.0. The van der Waals surface area contributed by atoms with Crippen molar-refractivity contribution in [1.82, 2.24) is 0 Å². The Balaban J connectivity index is 4.01. The quantitative estimate of drug-likeness (QED) is 0.113. The van der Waals surface area contributed by atoms with Crippen LogP contribution >= 0.6 is 35.7 Å². The maximum atomic E-state index is 5.86. The summed E-state index contributed by atoms with van der Waals surface area (Å²) in [5, 5.41) is 0. The van der Waals surface area contributed by atoms with E-state index in [1.807, 2.05) is 11.8 Å². The average molecular weight is 475 g/mol. The van der Waals surface area contributed by atoms with Crippen molar-refractivity contribution in [3.8, 4) is 0 Å². The fraction of sp³-hybridized carbons (Fsp3) is 0.963. The van der Waals surface area contributed by atoms with Gasteiger partial charge in [0.2, 0.25) is 0 Å². The van der Waals surface area contributed by atoms with Gasteiger partial charge in [-0.05, 0) is 31.4 Å². The van der Waals surface area contributed by atoms with Crippen LogP contribution in [0.4, 0.5) is 0 Å². The molecule has 0 rings (SSSR count). The predicted octanol–water partition coefficient (Wildman–Crippen LogP) is 11.4. The van der Waals surface area contributed by atoms with E-state index < -0.39 is 0 Å². The normalized spacial score (nSPS) is 11.9. The lowest BCUT2D eigenvalue weighted by molar-refractivity contribution is 0.427. The maximum absolute atomic E-state index is 5.86. The molecule has 0 aliphatic carbocycles. The van der Waals surface area contributed by atoms with Crippen LogP contribution in [-0.4, -0.2) is 14.0 Å². The third-order valence-corrected chi connectivity index (χ3v) is 9.37. The summed E-state index contributed by atoms with van der Waals surface area (Å²) in [4.78, 5) is 0.